The van der Waals surface area contributed by atoms with Crippen molar-refractivity contribution in [3.63, 3.8) is 0 Å². The number of piperazine rings is 1. The van der Waals surface area contributed by atoms with Crippen molar-refractivity contribution in [2.75, 3.05) is 39.8 Å². The summed E-state index contributed by atoms with van der Waals surface area (Å²) in [5.74, 6) is -0.942. The van der Waals surface area contributed by atoms with Crippen LogP contribution in [0.3, 0.4) is 0 Å². The Balaban J connectivity index is 1.42. The molecule has 0 spiro atoms. The quantitative estimate of drug-likeness (QED) is 0.645. The zero-order chi connectivity index (χ0) is 18.9. The number of rotatable bonds is 3. The molecule has 1 aliphatic carbocycles. The van der Waals surface area contributed by atoms with Crippen molar-refractivity contribution in [3.05, 3.63) is 48.0 Å². The van der Waals surface area contributed by atoms with Gasteiger partial charge in [0.25, 0.3) is 0 Å². The first kappa shape index (κ1) is 18.2. The van der Waals surface area contributed by atoms with E-state index in [1.165, 1.54) is 0 Å². The zero-order valence-electron chi connectivity index (χ0n) is 15.8. The lowest BCUT2D eigenvalue weighted by atomic mass is 9.79. The second kappa shape index (κ2) is 7.44. The zero-order valence-corrected chi connectivity index (χ0v) is 15.8. The van der Waals surface area contributed by atoms with E-state index in [2.05, 4.69) is 22.4 Å². The van der Waals surface area contributed by atoms with Crippen molar-refractivity contribution in [2.24, 2.45) is 5.41 Å². The molecule has 1 aromatic carbocycles. The number of ether oxygens (including phenoxy) is 1. The summed E-state index contributed by atoms with van der Waals surface area (Å²) in [5.41, 5.74) is 1.00. The van der Waals surface area contributed by atoms with Gasteiger partial charge in [-0.3, -0.25) is 9.59 Å². The summed E-state index contributed by atoms with van der Waals surface area (Å²) in [6.07, 6.45) is 6.18. The van der Waals surface area contributed by atoms with Crippen molar-refractivity contribution >= 4 is 11.8 Å². The van der Waals surface area contributed by atoms with Gasteiger partial charge in [0, 0.05) is 31.6 Å². The minimum absolute atomic E-state index is 0.0592. The Hall–Kier alpha value is -2.18. The molecule has 2 saturated heterocycles. The van der Waals surface area contributed by atoms with E-state index in [9.17, 15) is 9.59 Å². The molecule has 1 aromatic rings. The summed E-state index contributed by atoms with van der Waals surface area (Å²) in [4.78, 5) is 29.5. The van der Waals surface area contributed by atoms with Gasteiger partial charge in [-0.2, -0.15) is 0 Å². The molecular weight excluding hydrogens is 342 g/mol. The van der Waals surface area contributed by atoms with Gasteiger partial charge in [0.15, 0.2) is 0 Å². The summed E-state index contributed by atoms with van der Waals surface area (Å²) in [5, 5.41) is 2.89. The highest BCUT2D eigenvalue weighted by Crippen LogP contribution is 2.39. The second-order valence-electron chi connectivity index (χ2n) is 8.06. The fourth-order valence-electron chi connectivity index (χ4n) is 4.36. The molecule has 1 N–H and O–H groups in total. The number of nitrogens with one attached hydrogen (secondary N) is 1. The molecule has 2 fully saturated rings. The predicted molar refractivity (Wildman–Crippen MR) is 102 cm³/mol. The van der Waals surface area contributed by atoms with Gasteiger partial charge in [0.1, 0.15) is 0 Å². The molecule has 144 valence electrons. The Morgan fingerprint density at radius 3 is 2.89 bits per heavy atom. The summed E-state index contributed by atoms with van der Waals surface area (Å²) < 4.78 is 5.74. The third-order valence-corrected chi connectivity index (χ3v) is 5.99. The van der Waals surface area contributed by atoms with Crippen molar-refractivity contribution < 1.29 is 14.3 Å². The van der Waals surface area contributed by atoms with Crippen molar-refractivity contribution in [1.82, 2.24) is 15.1 Å². The normalized spacial score (nSPS) is 30.3. The van der Waals surface area contributed by atoms with E-state index in [4.69, 9.17) is 4.74 Å². The van der Waals surface area contributed by atoms with Crippen LogP contribution in [0.15, 0.2) is 42.5 Å². The molecule has 4 rings (SSSR count). The van der Waals surface area contributed by atoms with Crippen molar-refractivity contribution in [3.8, 4) is 0 Å². The Morgan fingerprint density at radius 1 is 1.26 bits per heavy atom. The third-order valence-electron chi connectivity index (χ3n) is 5.99. The Bertz CT molecular complexity index is 735. The largest absolute Gasteiger partial charge is 0.373 e. The SMILES string of the molecule is CN1CCN(C(=O)C(=O)NCC23CC=CC(C2)OC3)C(c2ccccc2)C1. The Morgan fingerprint density at radius 2 is 2.07 bits per heavy atom. The molecule has 6 nitrogen and oxygen atoms in total. The smallest absolute Gasteiger partial charge is 0.312 e. The predicted octanol–water partition coefficient (Wildman–Crippen LogP) is 1.35. The molecular formula is C21H27N3O3. The first-order valence-electron chi connectivity index (χ1n) is 9.67. The van der Waals surface area contributed by atoms with Gasteiger partial charge >= 0.3 is 11.8 Å². The first-order chi connectivity index (χ1) is 13.1. The Labute approximate surface area is 160 Å². The molecule has 0 radical (unpaired) electrons. The van der Waals surface area contributed by atoms with E-state index in [0.717, 1.165) is 31.5 Å². The van der Waals surface area contributed by atoms with Gasteiger partial charge in [-0.15, -0.1) is 0 Å². The van der Waals surface area contributed by atoms with Crippen LogP contribution in [-0.2, 0) is 14.3 Å². The fourth-order valence-corrected chi connectivity index (χ4v) is 4.36. The highest BCUT2D eigenvalue weighted by molar-refractivity contribution is 6.35. The van der Waals surface area contributed by atoms with Gasteiger partial charge < -0.3 is 19.9 Å². The topological polar surface area (TPSA) is 61.9 Å². The molecule has 3 aliphatic rings. The molecule has 0 saturated carbocycles. The minimum Gasteiger partial charge on any atom is -0.373 e. The Kier molecular flexibility index (Phi) is 5.02. The van der Waals surface area contributed by atoms with E-state index in [0.29, 0.717) is 19.7 Å². The average molecular weight is 369 g/mol. The van der Waals surface area contributed by atoms with Crippen LogP contribution in [-0.4, -0.2) is 67.6 Å². The number of likely N-dealkylation sites (N-methyl/N-ethyl adjacent to an activating group) is 1. The number of nitrogens with zero attached hydrogens (tertiary/aromatic N) is 2. The molecule has 2 aliphatic heterocycles. The molecule has 3 atom stereocenters. The lowest BCUT2D eigenvalue weighted by molar-refractivity contribution is -0.149. The number of hydrogen-bond donors (Lipinski definition) is 1. The minimum atomic E-state index is -0.507. The van der Waals surface area contributed by atoms with E-state index in [1.54, 1.807) is 4.90 Å². The van der Waals surface area contributed by atoms with Crippen molar-refractivity contribution in [2.45, 2.75) is 25.0 Å². The van der Waals surface area contributed by atoms with Crippen molar-refractivity contribution in [1.29, 1.82) is 0 Å². The van der Waals surface area contributed by atoms with E-state index in [1.807, 2.05) is 37.4 Å². The first-order valence-corrected chi connectivity index (χ1v) is 9.67. The summed E-state index contributed by atoms with van der Waals surface area (Å²) in [6, 6.07) is 9.84. The lowest BCUT2D eigenvalue weighted by Gasteiger charge is -2.40. The van der Waals surface area contributed by atoms with E-state index < -0.39 is 11.8 Å². The van der Waals surface area contributed by atoms with Crippen LogP contribution < -0.4 is 5.32 Å². The molecule has 3 unspecified atom stereocenters. The third kappa shape index (κ3) is 3.77. The molecule has 0 aromatic heterocycles. The van der Waals surface area contributed by atoms with Crippen LogP contribution in [0.4, 0.5) is 0 Å². The molecule has 6 heteroatoms. The number of carbonyl (C=O) groups excluding carboxylic acids is 2. The van der Waals surface area contributed by atoms with Gasteiger partial charge in [-0.25, -0.2) is 0 Å². The number of carbonyl (C=O) groups is 2. The molecule has 2 bridgehead atoms. The van der Waals surface area contributed by atoms with Crippen LogP contribution in [0.25, 0.3) is 0 Å². The average Bonchev–Trinajstić information content (AvgIpc) is 3.00. The van der Waals surface area contributed by atoms with Gasteiger partial charge in [0.05, 0.1) is 18.8 Å². The maximum atomic E-state index is 12.9. The molecule has 27 heavy (non-hydrogen) atoms. The van der Waals surface area contributed by atoms with Crippen LogP contribution in [0, 0.1) is 5.41 Å². The number of allylic oxidation sites excluding steroid dienone is 1. The second-order valence-corrected chi connectivity index (χ2v) is 8.06. The maximum absolute atomic E-state index is 12.9. The summed E-state index contributed by atoms with van der Waals surface area (Å²) in [7, 11) is 2.05. The molecule has 2 amide bonds. The number of fused-ring (bicyclic) bond motifs is 2. The summed E-state index contributed by atoms with van der Waals surface area (Å²) >= 11 is 0. The van der Waals surface area contributed by atoms with Gasteiger partial charge in [-0.05, 0) is 25.5 Å². The summed E-state index contributed by atoms with van der Waals surface area (Å²) in [6.45, 7) is 3.18. The molecule has 2 heterocycles. The monoisotopic (exact) mass is 369 g/mol. The number of amides is 2. The standard InChI is InChI=1S/C21H27N3O3/c1-23-10-11-24(18(13-23)16-6-3-2-4-7-16)20(26)19(25)22-14-21-9-5-8-17(12-21)27-15-21/h2-8,17-18H,9-15H2,1H3,(H,22,25). The highest BCUT2D eigenvalue weighted by Gasteiger charge is 2.42. The lowest BCUT2D eigenvalue weighted by Crippen LogP contribution is -2.54. The van der Waals surface area contributed by atoms with Gasteiger partial charge in [0.2, 0.25) is 0 Å². The van der Waals surface area contributed by atoms with Crippen LogP contribution >= 0.6 is 0 Å². The van der Waals surface area contributed by atoms with Gasteiger partial charge in [-0.1, -0.05) is 42.5 Å². The fraction of sp³-hybridized carbons (Fsp3) is 0.524. The number of benzene rings is 1. The maximum Gasteiger partial charge on any atom is 0.312 e. The van der Waals surface area contributed by atoms with E-state index >= 15 is 0 Å². The van der Waals surface area contributed by atoms with Crippen LogP contribution in [0.2, 0.25) is 0 Å². The number of hydrogen-bond acceptors (Lipinski definition) is 4. The highest BCUT2D eigenvalue weighted by atomic mass is 16.5. The van der Waals surface area contributed by atoms with Crippen LogP contribution in [0.5, 0.6) is 0 Å². The van der Waals surface area contributed by atoms with E-state index in [-0.39, 0.29) is 17.6 Å². The van der Waals surface area contributed by atoms with Crippen LogP contribution in [0.1, 0.15) is 24.4 Å².